The van der Waals surface area contributed by atoms with Crippen molar-refractivity contribution in [2.24, 2.45) is 0 Å². The number of ether oxygens (including phenoxy) is 1. The van der Waals surface area contributed by atoms with E-state index in [9.17, 15) is 0 Å². The van der Waals surface area contributed by atoms with Crippen LogP contribution in [0.1, 0.15) is 0 Å². The molecule has 0 saturated carbocycles. The molecule has 3 aromatic rings. The van der Waals surface area contributed by atoms with E-state index >= 15 is 0 Å². The van der Waals surface area contributed by atoms with Crippen LogP contribution in [0.4, 0.5) is 17.3 Å². The number of nitrogens with zero attached hydrogens (tertiary/aromatic N) is 4. The Morgan fingerprint density at radius 1 is 1.04 bits per heavy atom. The first-order valence-corrected chi connectivity index (χ1v) is 7.82. The molecule has 0 atom stereocenters. The van der Waals surface area contributed by atoms with Crippen molar-refractivity contribution in [2.45, 2.75) is 0 Å². The number of hydrogen-bond acceptors (Lipinski definition) is 7. The molecule has 0 aliphatic carbocycles. The van der Waals surface area contributed by atoms with Crippen LogP contribution in [0, 0.1) is 0 Å². The number of rotatable bonds is 4. The molecule has 1 fully saturated rings. The zero-order chi connectivity index (χ0) is 16.2. The predicted octanol–water partition coefficient (Wildman–Crippen LogP) is 2.71. The summed E-state index contributed by atoms with van der Waals surface area (Å²) in [7, 11) is 0. The molecule has 1 aliphatic heterocycles. The van der Waals surface area contributed by atoms with E-state index < -0.39 is 0 Å². The van der Waals surface area contributed by atoms with Gasteiger partial charge in [-0.05, 0) is 23.4 Å². The summed E-state index contributed by atoms with van der Waals surface area (Å²) in [5, 5.41) is 7.08. The molecule has 0 unspecified atom stereocenters. The Morgan fingerprint density at radius 2 is 1.88 bits per heavy atom. The van der Waals surface area contributed by atoms with Crippen LogP contribution in [0.3, 0.4) is 0 Å². The molecule has 24 heavy (non-hydrogen) atoms. The van der Waals surface area contributed by atoms with Crippen LogP contribution < -0.4 is 10.2 Å². The Labute approximate surface area is 139 Å². The molecule has 1 aliphatic rings. The molecular weight excluding hydrogens is 306 g/mol. The summed E-state index contributed by atoms with van der Waals surface area (Å²) >= 11 is 0. The Morgan fingerprint density at radius 3 is 2.71 bits per heavy atom. The number of nitrogens with one attached hydrogen (secondary N) is 1. The monoisotopic (exact) mass is 323 g/mol. The summed E-state index contributed by atoms with van der Waals surface area (Å²) in [5.74, 6) is 0.865. The van der Waals surface area contributed by atoms with Gasteiger partial charge in [-0.1, -0.05) is 18.2 Å². The third-order valence-electron chi connectivity index (χ3n) is 3.80. The number of anilines is 3. The third-order valence-corrected chi connectivity index (χ3v) is 3.80. The molecule has 4 rings (SSSR count). The van der Waals surface area contributed by atoms with Crippen molar-refractivity contribution in [2.75, 3.05) is 36.5 Å². The summed E-state index contributed by atoms with van der Waals surface area (Å²) in [6.45, 7) is 3.18. The van der Waals surface area contributed by atoms with Gasteiger partial charge in [0.1, 0.15) is 0 Å². The van der Waals surface area contributed by atoms with E-state index in [2.05, 4.69) is 25.3 Å². The highest BCUT2D eigenvalue weighted by Gasteiger charge is 2.15. The van der Waals surface area contributed by atoms with Gasteiger partial charge in [-0.2, -0.15) is 4.98 Å². The molecule has 1 N–H and O–H groups in total. The molecule has 1 saturated heterocycles. The largest absolute Gasteiger partial charge is 0.378 e. The minimum atomic E-state index is 0.424. The maximum atomic E-state index is 5.38. The van der Waals surface area contributed by atoms with E-state index in [1.54, 1.807) is 6.20 Å². The van der Waals surface area contributed by atoms with Gasteiger partial charge in [0.2, 0.25) is 0 Å². The van der Waals surface area contributed by atoms with Crippen molar-refractivity contribution in [1.29, 1.82) is 0 Å². The van der Waals surface area contributed by atoms with Crippen molar-refractivity contribution in [3.8, 4) is 11.5 Å². The first kappa shape index (κ1) is 14.6. The van der Waals surface area contributed by atoms with Gasteiger partial charge in [-0.15, -0.1) is 0 Å². The molecular formula is C17H17N5O2. The molecule has 0 bridgehead atoms. The van der Waals surface area contributed by atoms with Gasteiger partial charge in [-0.25, -0.2) is 0 Å². The van der Waals surface area contributed by atoms with E-state index in [-0.39, 0.29) is 0 Å². The van der Waals surface area contributed by atoms with E-state index in [0.717, 1.165) is 43.2 Å². The maximum Gasteiger partial charge on any atom is 0.268 e. The summed E-state index contributed by atoms with van der Waals surface area (Å²) < 4.78 is 10.7. The third kappa shape index (κ3) is 3.21. The van der Waals surface area contributed by atoms with E-state index in [0.29, 0.717) is 11.8 Å². The molecule has 0 amide bonds. The fourth-order valence-electron chi connectivity index (χ4n) is 2.58. The van der Waals surface area contributed by atoms with E-state index in [1.165, 1.54) is 0 Å². The van der Waals surface area contributed by atoms with Gasteiger partial charge in [-0.3, -0.25) is 4.98 Å². The lowest BCUT2D eigenvalue weighted by Gasteiger charge is -2.28. The molecule has 0 spiro atoms. The van der Waals surface area contributed by atoms with Gasteiger partial charge in [0, 0.05) is 25.0 Å². The SMILES string of the molecule is c1ccc(Nc2noc(-c3cncc(N4CCOCC4)c3)n2)cc1. The number of para-hydroxylation sites is 1. The van der Waals surface area contributed by atoms with Crippen molar-refractivity contribution in [3.05, 3.63) is 48.8 Å². The molecule has 7 heteroatoms. The molecule has 3 heterocycles. The average Bonchev–Trinajstić information content (AvgIpc) is 3.12. The van der Waals surface area contributed by atoms with Crippen LogP contribution in [-0.4, -0.2) is 41.4 Å². The normalized spacial score (nSPS) is 14.6. The van der Waals surface area contributed by atoms with Gasteiger partial charge in [0.05, 0.1) is 30.7 Å². The molecule has 2 aromatic heterocycles. The number of pyridine rings is 1. The van der Waals surface area contributed by atoms with Gasteiger partial charge in [0.15, 0.2) is 0 Å². The van der Waals surface area contributed by atoms with Crippen LogP contribution in [0.15, 0.2) is 53.3 Å². The van der Waals surface area contributed by atoms with Gasteiger partial charge < -0.3 is 19.5 Å². The van der Waals surface area contributed by atoms with Gasteiger partial charge >= 0.3 is 0 Å². The highest BCUT2D eigenvalue weighted by atomic mass is 16.5. The standard InChI is InChI=1S/C17H17N5O2/c1-2-4-14(5-3-1)19-17-20-16(24-21-17)13-10-15(12-18-11-13)22-6-8-23-9-7-22/h1-5,10-12H,6-9H2,(H,19,21). The second kappa shape index (κ2) is 6.67. The lowest BCUT2D eigenvalue weighted by atomic mass is 10.2. The zero-order valence-electron chi connectivity index (χ0n) is 13.1. The summed E-state index contributed by atoms with van der Waals surface area (Å²) in [6.07, 6.45) is 3.57. The first-order chi connectivity index (χ1) is 11.9. The quantitative estimate of drug-likeness (QED) is 0.791. The molecule has 1 aromatic carbocycles. The Bertz CT molecular complexity index is 800. The van der Waals surface area contributed by atoms with Crippen LogP contribution in [0.5, 0.6) is 0 Å². The van der Waals surface area contributed by atoms with Crippen molar-refractivity contribution in [1.82, 2.24) is 15.1 Å². The number of benzene rings is 1. The minimum absolute atomic E-state index is 0.424. The Balaban J connectivity index is 1.53. The van der Waals surface area contributed by atoms with Crippen molar-refractivity contribution >= 4 is 17.3 Å². The maximum absolute atomic E-state index is 5.38. The Kier molecular flexibility index (Phi) is 4.07. The first-order valence-electron chi connectivity index (χ1n) is 7.82. The minimum Gasteiger partial charge on any atom is -0.378 e. The van der Waals surface area contributed by atoms with Crippen LogP contribution in [0.2, 0.25) is 0 Å². The van der Waals surface area contributed by atoms with Crippen LogP contribution in [-0.2, 0) is 4.74 Å². The molecule has 122 valence electrons. The second-order valence-corrected chi connectivity index (χ2v) is 5.45. The van der Waals surface area contributed by atoms with Crippen LogP contribution in [0.25, 0.3) is 11.5 Å². The highest BCUT2D eigenvalue weighted by molar-refractivity contribution is 5.62. The average molecular weight is 323 g/mol. The summed E-state index contributed by atoms with van der Waals surface area (Å²) in [6, 6.07) is 11.7. The lowest BCUT2D eigenvalue weighted by molar-refractivity contribution is 0.122. The summed E-state index contributed by atoms with van der Waals surface area (Å²) in [5.41, 5.74) is 2.74. The smallest absolute Gasteiger partial charge is 0.268 e. The topological polar surface area (TPSA) is 76.3 Å². The lowest BCUT2D eigenvalue weighted by Crippen LogP contribution is -2.36. The zero-order valence-corrected chi connectivity index (χ0v) is 13.1. The number of aromatic nitrogens is 3. The van der Waals surface area contributed by atoms with E-state index in [1.807, 2.05) is 42.6 Å². The second-order valence-electron chi connectivity index (χ2n) is 5.45. The highest BCUT2D eigenvalue weighted by Crippen LogP contribution is 2.24. The fourth-order valence-corrected chi connectivity index (χ4v) is 2.58. The van der Waals surface area contributed by atoms with Crippen molar-refractivity contribution in [3.63, 3.8) is 0 Å². The number of hydrogen-bond donors (Lipinski definition) is 1. The molecule has 0 radical (unpaired) electrons. The van der Waals surface area contributed by atoms with E-state index in [4.69, 9.17) is 9.26 Å². The fraction of sp³-hybridized carbons (Fsp3) is 0.235. The van der Waals surface area contributed by atoms with Crippen molar-refractivity contribution < 1.29 is 9.26 Å². The Hall–Kier alpha value is -2.93. The summed E-state index contributed by atoms with van der Waals surface area (Å²) in [4.78, 5) is 10.9. The van der Waals surface area contributed by atoms with Gasteiger partial charge in [0.25, 0.3) is 11.8 Å². The molecule has 7 nitrogen and oxygen atoms in total. The van der Waals surface area contributed by atoms with Crippen LogP contribution >= 0.6 is 0 Å². The number of morpholine rings is 1. The predicted molar refractivity (Wildman–Crippen MR) is 90.3 cm³/mol.